The molecule has 0 bridgehead atoms. The molecule has 3 aromatic rings. The van der Waals surface area contributed by atoms with Crippen LogP contribution in [0.4, 0.5) is 5.82 Å². The normalized spacial score (nSPS) is 10.8. The van der Waals surface area contributed by atoms with Gasteiger partial charge in [0.25, 0.3) is 4.96 Å². The lowest BCUT2D eigenvalue weighted by Crippen LogP contribution is -1.95. The van der Waals surface area contributed by atoms with Gasteiger partial charge in [0.2, 0.25) is 0 Å². The largest absolute Gasteiger partial charge is 0.429 e. The molecule has 3 rings (SSSR count). The van der Waals surface area contributed by atoms with Gasteiger partial charge in [0.05, 0.1) is 0 Å². The molecule has 19 heavy (non-hydrogen) atoms. The van der Waals surface area contributed by atoms with Crippen molar-refractivity contribution in [3.63, 3.8) is 0 Å². The number of imidazole rings is 1. The van der Waals surface area contributed by atoms with E-state index in [1.54, 1.807) is 23.7 Å². The van der Waals surface area contributed by atoms with Crippen molar-refractivity contribution in [2.45, 2.75) is 0 Å². The Morgan fingerprint density at radius 2 is 2.37 bits per heavy atom. The summed E-state index contributed by atoms with van der Waals surface area (Å²) in [7, 11) is 0. The average molecular weight is 297 g/mol. The lowest BCUT2D eigenvalue weighted by atomic mass is 10.5. The fourth-order valence-corrected chi connectivity index (χ4v) is 2.40. The van der Waals surface area contributed by atoms with Gasteiger partial charge in [-0.05, 0) is 17.1 Å². The SMILES string of the molecule is O=[N+]([O-])c1c(Oc2cccnc2Cl)nc2sccn12. The molecule has 3 heterocycles. The summed E-state index contributed by atoms with van der Waals surface area (Å²) in [6.45, 7) is 0. The van der Waals surface area contributed by atoms with Crippen molar-refractivity contribution >= 4 is 33.7 Å². The van der Waals surface area contributed by atoms with Crippen molar-refractivity contribution in [2.24, 2.45) is 0 Å². The number of hydrogen-bond donors (Lipinski definition) is 0. The smallest absolute Gasteiger partial charge is 0.393 e. The fraction of sp³-hybridized carbons (Fsp3) is 0. The number of halogens is 1. The number of aromatic nitrogens is 3. The van der Waals surface area contributed by atoms with E-state index < -0.39 is 4.92 Å². The van der Waals surface area contributed by atoms with Crippen LogP contribution >= 0.6 is 22.9 Å². The highest BCUT2D eigenvalue weighted by Crippen LogP contribution is 2.35. The molecular formula is C10H5ClN4O3S. The first-order valence-corrected chi connectivity index (χ1v) is 6.31. The standard InChI is InChI=1S/C10H5ClN4O3S/c11-7-6(2-1-3-12-7)18-8-9(15(16)17)14-4-5-19-10(14)13-8/h1-5H. The third-order valence-electron chi connectivity index (χ3n) is 2.31. The number of nitro groups is 1. The first-order valence-electron chi connectivity index (χ1n) is 5.05. The Bertz CT molecular complexity index is 769. The summed E-state index contributed by atoms with van der Waals surface area (Å²) in [4.78, 5) is 18.9. The summed E-state index contributed by atoms with van der Waals surface area (Å²) in [5, 5.41) is 12.9. The predicted octanol–water partition coefficient (Wildman–Crippen LogP) is 3.14. The first-order chi connectivity index (χ1) is 9.16. The van der Waals surface area contributed by atoms with Gasteiger partial charge in [-0.1, -0.05) is 22.9 Å². The van der Waals surface area contributed by atoms with Crippen molar-refractivity contribution in [2.75, 3.05) is 0 Å². The maximum Gasteiger partial charge on any atom is 0.393 e. The Balaban J connectivity index is 2.10. The van der Waals surface area contributed by atoms with Crippen LogP contribution in [0, 0.1) is 10.1 Å². The Labute approximate surface area is 115 Å². The second-order valence-electron chi connectivity index (χ2n) is 3.45. The number of rotatable bonds is 3. The van der Waals surface area contributed by atoms with E-state index in [9.17, 15) is 10.1 Å². The van der Waals surface area contributed by atoms with Crippen LogP contribution in [0.2, 0.25) is 5.15 Å². The summed E-state index contributed by atoms with van der Waals surface area (Å²) >= 11 is 7.11. The molecule has 7 nitrogen and oxygen atoms in total. The number of pyridine rings is 1. The van der Waals surface area contributed by atoms with Crippen LogP contribution in [-0.4, -0.2) is 19.3 Å². The zero-order chi connectivity index (χ0) is 13.4. The molecule has 0 fully saturated rings. The molecule has 0 amide bonds. The molecule has 0 spiro atoms. The van der Waals surface area contributed by atoms with Gasteiger partial charge < -0.3 is 14.9 Å². The van der Waals surface area contributed by atoms with E-state index in [0.717, 1.165) is 0 Å². The number of fused-ring (bicyclic) bond motifs is 1. The Morgan fingerprint density at radius 1 is 1.53 bits per heavy atom. The minimum atomic E-state index is -0.549. The minimum Gasteiger partial charge on any atom is -0.429 e. The van der Waals surface area contributed by atoms with Crippen LogP contribution in [0.15, 0.2) is 29.9 Å². The summed E-state index contributed by atoms with van der Waals surface area (Å²) in [5.74, 6) is -0.124. The minimum absolute atomic E-state index is 0.105. The first kappa shape index (κ1) is 11.9. The molecule has 0 atom stereocenters. The Hall–Kier alpha value is -2.19. The van der Waals surface area contributed by atoms with E-state index in [-0.39, 0.29) is 22.6 Å². The number of thiazole rings is 1. The van der Waals surface area contributed by atoms with E-state index in [1.165, 1.54) is 21.9 Å². The lowest BCUT2D eigenvalue weighted by Gasteiger charge is -2.03. The molecule has 0 radical (unpaired) electrons. The molecule has 0 saturated carbocycles. The van der Waals surface area contributed by atoms with Gasteiger partial charge in [0.1, 0.15) is 6.20 Å². The zero-order valence-corrected chi connectivity index (χ0v) is 10.8. The monoisotopic (exact) mass is 296 g/mol. The highest BCUT2D eigenvalue weighted by molar-refractivity contribution is 7.15. The van der Waals surface area contributed by atoms with Crippen LogP contribution < -0.4 is 4.74 Å². The summed E-state index contributed by atoms with van der Waals surface area (Å²) < 4.78 is 6.73. The van der Waals surface area contributed by atoms with Crippen molar-refractivity contribution in [3.8, 4) is 11.6 Å². The third-order valence-corrected chi connectivity index (χ3v) is 3.35. The fourth-order valence-electron chi connectivity index (χ4n) is 1.54. The number of nitrogens with zero attached hydrogens (tertiary/aromatic N) is 4. The highest BCUT2D eigenvalue weighted by atomic mass is 35.5. The molecule has 0 aromatic carbocycles. The molecule has 9 heteroatoms. The van der Waals surface area contributed by atoms with Gasteiger partial charge in [0.15, 0.2) is 10.9 Å². The Morgan fingerprint density at radius 3 is 3.11 bits per heavy atom. The molecule has 0 aliphatic rings. The summed E-state index contributed by atoms with van der Waals surface area (Å²) in [5.41, 5.74) is 0. The van der Waals surface area contributed by atoms with E-state index >= 15 is 0 Å². The molecule has 0 saturated heterocycles. The van der Waals surface area contributed by atoms with Crippen LogP contribution in [0.25, 0.3) is 4.96 Å². The number of hydrogen-bond acceptors (Lipinski definition) is 6. The quantitative estimate of drug-likeness (QED) is 0.421. The maximum atomic E-state index is 11.1. The van der Waals surface area contributed by atoms with Gasteiger partial charge in [-0.3, -0.25) is 0 Å². The molecule has 3 aromatic heterocycles. The van der Waals surface area contributed by atoms with E-state index in [1.807, 2.05) is 0 Å². The Kier molecular flexibility index (Phi) is 2.80. The molecular weight excluding hydrogens is 292 g/mol. The van der Waals surface area contributed by atoms with E-state index in [4.69, 9.17) is 16.3 Å². The lowest BCUT2D eigenvalue weighted by molar-refractivity contribution is -0.391. The second-order valence-corrected chi connectivity index (χ2v) is 4.68. The van der Waals surface area contributed by atoms with Gasteiger partial charge >= 0.3 is 11.7 Å². The molecule has 0 aliphatic carbocycles. The molecule has 0 aliphatic heterocycles. The number of ether oxygens (including phenoxy) is 1. The van der Waals surface area contributed by atoms with Gasteiger partial charge in [-0.2, -0.15) is 9.38 Å². The van der Waals surface area contributed by atoms with Crippen molar-refractivity contribution < 1.29 is 9.66 Å². The van der Waals surface area contributed by atoms with Crippen LogP contribution in [0.1, 0.15) is 0 Å². The van der Waals surface area contributed by atoms with Crippen LogP contribution in [0.3, 0.4) is 0 Å². The van der Waals surface area contributed by atoms with Gasteiger partial charge in [-0.15, -0.1) is 0 Å². The molecule has 96 valence electrons. The zero-order valence-electron chi connectivity index (χ0n) is 9.19. The summed E-state index contributed by atoms with van der Waals surface area (Å²) in [6, 6.07) is 3.18. The van der Waals surface area contributed by atoms with E-state index in [0.29, 0.717) is 4.96 Å². The van der Waals surface area contributed by atoms with Gasteiger partial charge in [0, 0.05) is 11.6 Å². The summed E-state index contributed by atoms with van der Waals surface area (Å²) in [6.07, 6.45) is 3.05. The second kappa shape index (κ2) is 4.48. The van der Waals surface area contributed by atoms with Crippen LogP contribution in [-0.2, 0) is 0 Å². The average Bonchev–Trinajstić information content (AvgIpc) is 2.91. The molecule has 0 unspecified atom stereocenters. The van der Waals surface area contributed by atoms with Crippen molar-refractivity contribution in [1.29, 1.82) is 0 Å². The third kappa shape index (κ3) is 2.00. The van der Waals surface area contributed by atoms with Crippen molar-refractivity contribution in [3.05, 3.63) is 45.2 Å². The maximum absolute atomic E-state index is 11.1. The van der Waals surface area contributed by atoms with E-state index in [2.05, 4.69) is 9.97 Å². The topological polar surface area (TPSA) is 82.6 Å². The van der Waals surface area contributed by atoms with Crippen molar-refractivity contribution in [1.82, 2.24) is 14.4 Å². The highest BCUT2D eigenvalue weighted by Gasteiger charge is 2.26. The predicted molar refractivity (Wildman–Crippen MR) is 69.0 cm³/mol. The van der Waals surface area contributed by atoms with Gasteiger partial charge in [-0.25, -0.2) is 4.98 Å². The van der Waals surface area contributed by atoms with Crippen LogP contribution in [0.5, 0.6) is 11.6 Å². The molecule has 0 N–H and O–H groups in total.